The number of alkyl halides is 9. The van der Waals surface area contributed by atoms with Gasteiger partial charge < -0.3 is 0 Å². The van der Waals surface area contributed by atoms with Gasteiger partial charge in [-0.05, 0) is 35.4 Å². The van der Waals surface area contributed by atoms with Crippen molar-refractivity contribution in [3.63, 3.8) is 0 Å². The number of fused-ring (bicyclic) bond motifs is 1. The minimum absolute atomic E-state index is 0.246. The number of rotatable bonds is 3. The summed E-state index contributed by atoms with van der Waals surface area (Å²) in [4.78, 5) is 12.4. The Bertz CT molecular complexity index is 772. The highest BCUT2D eigenvalue weighted by molar-refractivity contribution is 6.01. The highest BCUT2D eigenvalue weighted by Crippen LogP contribution is 2.56. The van der Waals surface area contributed by atoms with E-state index >= 15 is 0 Å². The second-order valence-corrected chi connectivity index (χ2v) is 7.85. The Hall–Kier alpha value is -1.74. The number of aryl methyl sites for hydroxylation is 1. The van der Waals surface area contributed by atoms with Gasteiger partial charge in [-0.3, -0.25) is 4.79 Å². The minimum Gasteiger partial charge on any atom is -0.294 e. The molecule has 1 aromatic carbocycles. The molecule has 0 spiro atoms. The van der Waals surface area contributed by atoms with E-state index in [0.717, 1.165) is 0 Å². The van der Waals surface area contributed by atoms with E-state index in [2.05, 4.69) is 0 Å². The Kier molecular flexibility index (Phi) is 5.14. The molecule has 1 nitrogen and oxygen atoms in total. The summed E-state index contributed by atoms with van der Waals surface area (Å²) in [6.45, 7) is 5.18. The van der Waals surface area contributed by atoms with E-state index in [4.69, 9.17) is 0 Å². The highest BCUT2D eigenvalue weighted by Gasteiger charge is 2.83. The molecule has 0 bridgehead atoms. The second kappa shape index (κ2) is 6.38. The zero-order valence-corrected chi connectivity index (χ0v) is 15.0. The summed E-state index contributed by atoms with van der Waals surface area (Å²) in [6.07, 6.45) is -8.22. The average molecular weight is 420 g/mol. The zero-order chi connectivity index (χ0) is 21.9. The van der Waals surface area contributed by atoms with Gasteiger partial charge in [0.25, 0.3) is 0 Å². The molecule has 1 atom stereocenters. The fourth-order valence-electron chi connectivity index (χ4n) is 3.06. The summed E-state index contributed by atoms with van der Waals surface area (Å²) < 4.78 is 119. The van der Waals surface area contributed by atoms with Crippen molar-refractivity contribution in [2.24, 2.45) is 5.92 Å². The summed E-state index contributed by atoms with van der Waals surface area (Å²) in [5, 5.41) is 0. The lowest BCUT2D eigenvalue weighted by Crippen LogP contribution is -2.64. The van der Waals surface area contributed by atoms with Crippen LogP contribution in [0, 0.1) is 5.92 Å². The maximum Gasteiger partial charge on any atom is 0.460 e. The molecule has 10 heteroatoms. The molecule has 0 radical (unpaired) electrons. The van der Waals surface area contributed by atoms with E-state index in [-0.39, 0.29) is 17.5 Å². The molecule has 0 aromatic heterocycles. The third-order valence-electron chi connectivity index (χ3n) is 4.87. The second-order valence-electron chi connectivity index (χ2n) is 7.85. The molecule has 0 fully saturated rings. The molecule has 0 N–H and O–H groups in total. The lowest BCUT2D eigenvalue weighted by Gasteiger charge is -2.38. The molecule has 28 heavy (non-hydrogen) atoms. The zero-order valence-electron chi connectivity index (χ0n) is 15.0. The number of hydrogen-bond acceptors (Lipinski definition) is 1. The Morgan fingerprint density at radius 1 is 0.857 bits per heavy atom. The molecular formula is C18H17F9O. The van der Waals surface area contributed by atoms with Crippen LogP contribution in [0.15, 0.2) is 18.2 Å². The van der Waals surface area contributed by atoms with Gasteiger partial charge in [-0.1, -0.05) is 32.9 Å². The smallest absolute Gasteiger partial charge is 0.294 e. The van der Waals surface area contributed by atoms with Gasteiger partial charge in [-0.15, -0.1) is 0 Å². The molecule has 1 aromatic rings. The minimum atomic E-state index is -7.00. The van der Waals surface area contributed by atoms with Gasteiger partial charge in [0.05, 0.1) is 5.92 Å². The fourth-order valence-corrected chi connectivity index (χ4v) is 3.06. The summed E-state index contributed by atoms with van der Waals surface area (Å²) in [6, 6.07) is 4.24. The number of hydrogen-bond donors (Lipinski definition) is 0. The first-order valence-corrected chi connectivity index (χ1v) is 8.23. The molecule has 0 amide bonds. The maximum atomic E-state index is 14.2. The van der Waals surface area contributed by atoms with Crippen molar-refractivity contribution in [1.82, 2.24) is 0 Å². The predicted molar refractivity (Wildman–Crippen MR) is 82.2 cm³/mol. The van der Waals surface area contributed by atoms with Crippen molar-refractivity contribution in [3.05, 3.63) is 34.9 Å². The Labute approximate surface area is 154 Å². The van der Waals surface area contributed by atoms with Crippen LogP contribution in [0.4, 0.5) is 39.5 Å². The number of ketones is 1. The van der Waals surface area contributed by atoms with Crippen molar-refractivity contribution in [2.45, 2.75) is 63.0 Å². The first-order valence-electron chi connectivity index (χ1n) is 8.23. The van der Waals surface area contributed by atoms with Crippen molar-refractivity contribution in [3.8, 4) is 0 Å². The number of Topliss-reactive ketones (excluding diaryl/α,β-unsaturated/α-hetero) is 1. The number of carbonyl (C=O) groups is 1. The summed E-state index contributed by atoms with van der Waals surface area (Å²) in [7, 11) is 0. The van der Waals surface area contributed by atoms with Crippen LogP contribution in [0.3, 0.4) is 0 Å². The Balaban J connectivity index is 2.51. The van der Waals surface area contributed by atoms with Gasteiger partial charge in [0, 0.05) is 5.56 Å². The van der Waals surface area contributed by atoms with Crippen LogP contribution in [0.25, 0.3) is 0 Å². The van der Waals surface area contributed by atoms with Crippen LogP contribution in [0.5, 0.6) is 0 Å². The number of carbonyl (C=O) groups excluding carboxylic acids is 1. The van der Waals surface area contributed by atoms with Crippen LogP contribution in [0.1, 0.15) is 48.7 Å². The van der Waals surface area contributed by atoms with Crippen LogP contribution in [-0.4, -0.2) is 29.7 Å². The van der Waals surface area contributed by atoms with Crippen molar-refractivity contribution < 1.29 is 44.3 Å². The van der Waals surface area contributed by atoms with Gasteiger partial charge in [0.1, 0.15) is 0 Å². The topological polar surface area (TPSA) is 17.1 Å². The number of halogens is 9. The summed E-state index contributed by atoms with van der Waals surface area (Å²) in [5.41, 5.74) is -0.167. The molecule has 1 unspecified atom stereocenters. The molecule has 158 valence electrons. The van der Waals surface area contributed by atoms with Gasteiger partial charge in [0.15, 0.2) is 5.78 Å². The Morgan fingerprint density at radius 3 is 1.86 bits per heavy atom. The number of benzene rings is 1. The lowest BCUT2D eigenvalue weighted by atomic mass is 9.74. The van der Waals surface area contributed by atoms with Crippen LogP contribution < -0.4 is 0 Å². The molecule has 0 saturated carbocycles. The quantitative estimate of drug-likeness (QED) is 0.533. The van der Waals surface area contributed by atoms with Gasteiger partial charge >= 0.3 is 23.9 Å². The molecule has 1 aliphatic rings. The normalized spacial score (nSPS) is 19.6. The molecular weight excluding hydrogens is 403 g/mol. The SMILES string of the molecule is CC(C)(C)c1ccc2c(c1)C(=O)C(C(F)(F)C(F)(F)C(F)(F)C(F)(F)F)CC2. The van der Waals surface area contributed by atoms with E-state index in [0.29, 0.717) is 5.56 Å². The molecule has 0 heterocycles. The van der Waals surface area contributed by atoms with E-state index < -0.39 is 47.5 Å². The highest BCUT2D eigenvalue weighted by atomic mass is 19.4. The van der Waals surface area contributed by atoms with E-state index in [1.165, 1.54) is 12.1 Å². The van der Waals surface area contributed by atoms with Crippen LogP contribution in [-0.2, 0) is 11.8 Å². The monoisotopic (exact) mass is 420 g/mol. The van der Waals surface area contributed by atoms with Gasteiger partial charge in [-0.2, -0.15) is 39.5 Å². The molecule has 2 rings (SSSR count). The first kappa shape index (κ1) is 22.5. The van der Waals surface area contributed by atoms with E-state index in [1.54, 1.807) is 26.8 Å². The Morgan fingerprint density at radius 2 is 1.39 bits per heavy atom. The van der Waals surface area contributed by atoms with Crippen molar-refractivity contribution in [2.75, 3.05) is 0 Å². The average Bonchev–Trinajstić information content (AvgIpc) is 2.52. The third-order valence-corrected chi connectivity index (χ3v) is 4.87. The van der Waals surface area contributed by atoms with E-state index in [1.807, 2.05) is 0 Å². The summed E-state index contributed by atoms with van der Waals surface area (Å²) in [5.74, 6) is -24.3. The van der Waals surface area contributed by atoms with Gasteiger partial charge in [0.2, 0.25) is 0 Å². The fraction of sp³-hybridized carbons (Fsp3) is 0.611. The largest absolute Gasteiger partial charge is 0.460 e. The predicted octanol–water partition coefficient (Wildman–Crippen LogP) is 6.20. The van der Waals surface area contributed by atoms with Crippen molar-refractivity contribution in [1.29, 1.82) is 0 Å². The van der Waals surface area contributed by atoms with Crippen molar-refractivity contribution >= 4 is 5.78 Å². The van der Waals surface area contributed by atoms with Crippen LogP contribution >= 0.6 is 0 Å². The van der Waals surface area contributed by atoms with Gasteiger partial charge in [-0.25, -0.2) is 0 Å². The van der Waals surface area contributed by atoms with Crippen LogP contribution in [0.2, 0.25) is 0 Å². The third kappa shape index (κ3) is 3.28. The molecule has 1 aliphatic carbocycles. The lowest BCUT2D eigenvalue weighted by molar-refractivity contribution is -0.400. The van der Waals surface area contributed by atoms with E-state index in [9.17, 15) is 44.3 Å². The molecule has 0 aliphatic heterocycles. The summed E-state index contributed by atoms with van der Waals surface area (Å²) >= 11 is 0. The molecule has 0 saturated heterocycles. The maximum absolute atomic E-state index is 14.2. The first-order chi connectivity index (χ1) is 12.4. The standard InChI is InChI=1S/C18H17F9O/c1-14(2,3)10-6-4-9-5-7-12(13(28)11(9)8-10)15(19,20)16(21,22)17(23,24)18(25,26)27/h4,6,8,12H,5,7H2,1-3H3.